The van der Waals surface area contributed by atoms with Crippen molar-refractivity contribution in [2.24, 2.45) is 5.10 Å². The lowest BCUT2D eigenvalue weighted by atomic mass is 10.2. The summed E-state index contributed by atoms with van der Waals surface area (Å²) in [7, 11) is 1.62. The van der Waals surface area contributed by atoms with Crippen molar-refractivity contribution in [1.29, 1.82) is 0 Å². The van der Waals surface area contributed by atoms with E-state index in [2.05, 4.69) is 21.2 Å². The zero-order valence-electron chi connectivity index (χ0n) is 14.2. The van der Waals surface area contributed by atoms with Crippen LogP contribution in [0.3, 0.4) is 0 Å². The van der Waals surface area contributed by atoms with Gasteiger partial charge >= 0.3 is 0 Å². The molecule has 0 bridgehead atoms. The largest absolute Gasteiger partial charge is 0.383 e. The van der Waals surface area contributed by atoms with Gasteiger partial charge in [-0.05, 0) is 42.0 Å². The Morgan fingerprint density at radius 3 is 2.85 bits per heavy atom. The minimum absolute atomic E-state index is 0.272. The van der Waals surface area contributed by atoms with Crippen molar-refractivity contribution in [2.45, 2.75) is 0 Å². The van der Waals surface area contributed by atoms with Crippen molar-refractivity contribution in [3.8, 4) is 0 Å². The smallest absolute Gasteiger partial charge is 0.257 e. The number of rotatable bonds is 7. The van der Waals surface area contributed by atoms with Crippen LogP contribution in [-0.2, 0) is 4.74 Å². The summed E-state index contributed by atoms with van der Waals surface area (Å²) in [5.41, 5.74) is 4.57. The normalized spacial score (nSPS) is 10.5. The number of methoxy groups -OCH3 is 1. The maximum absolute atomic E-state index is 12.3. The molecule has 0 fully saturated rings. The molecular weight excluding hydrogens is 372 g/mol. The number of hydrogen-bond acceptors (Lipinski definition) is 4. The van der Waals surface area contributed by atoms with E-state index in [1.807, 2.05) is 12.1 Å². The Balaban J connectivity index is 1.93. The third-order valence-electron chi connectivity index (χ3n) is 3.23. The number of ether oxygens (including phenoxy) is 1. The molecule has 136 valence electrons. The van der Waals surface area contributed by atoms with Crippen molar-refractivity contribution in [3.05, 3.63) is 64.7 Å². The van der Waals surface area contributed by atoms with Crippen LogP contribution in [0.1, 0.15) is 15.9 Å². The van der Waals surface area contributed by atoms with Crippen LogP contribution in [0.4, 0.5) is 5.69 Å². The van der Waals surface area contributed by atoms with Crippen LogP contribution in [0.25, 0.3) is 0 Å². The summed E-state index contributed by atoms with van der Waals surface area (Å²) >= 11 is 11.1. The molecule has 0 aromatic heterocycles. The van der Waals surface area contributed by atoms with E-state index in [0.29, 0.717) is 34.5 Å². The molecule has 0 heterocycles. The molecule has 8 heteroatoms. The van der Waals surface area contributed by atoms with Crippen molar-refractivity contribution in [2.75, 3.05) is 25.6 Å². The zero-order chi connectivity index (χ0) is 18.8. The maximum Gasteiger partial charge on any atom is 0.257 e. The maximum atomic E-state index is 12.3. The van der Waals surface area contributed by atoms with Gasteiger partial charge in [-0.2, -0.15) is 5.10 Å². The molecule has 3 N–H and O–H groups in total. The van der Waals surface area contributed by atoms with Crippen LogP contribution in [0.2, 0.25) is 5.02 Å². The molecule has 0 spiro atoms. The Kier molecular flexibility index (Phi) is 8.01. The van der Waals surface area contributed by atoms with Gasteiger partial charge in [0.15, 0.2) is 5.11 Å². The van der Waals surface area contributed by atoms with E-state index in [1.165, 1.54) is 0 Å². The number of carbonyl (C=O) groups is 1. The second-order valence-corrected chi connectivity index (χ2v) is 5.99. The van der Waals surface area contributed by atoms with Gasteiger partial charge in [0.2, 0.25) is 0 Å². The predicted molar refractivity (Wildman–Crippen MR) is 109 cm³/mol. The number of hydrazone groups is 1. The molecule has 0 atom stereocenters. The summed E-state index contributed by atoms with van der Waals surface area (Å²) in [5.74, 6) is -0.272. The lowest BCUT2D eigenvalue weighted by molar-refractivity contribution is 0.102. The summed E-state index contributed by atoms with van der Waals surface area (Å²) in [5, 5.41) is 10.6. The molecule has 0 aliphatic carbocycles. The van der Waals surface area contributed by atoms with Crippen LogP contribution in [0.5, 0.6) is 0 Å². The van der Waals surface area contributed by atoms with E-state index in [4.69, 9.17) is 28.6 Å². The lowest BCUT2D eigenvalue weighted by Gasteiger charge is -2.07. The Labute approximate surface area is 162 Å². The van der Waals surface area contributed by atoms with Gasteiger partial charge in [0.25, 0.3) is 5.91 Å². The Morgan fingerprint density at radius 2 is 2.08 bits per heavy atom. The first-order valence-corrected chi connectivity index (χ1v) is 8.60. The number of benzene rings is 2. The van der Waals surface area contributed by atoms with Crippen molar-refractivity contribution >= 4 is 46.7 Å². The number of halogens is 1. The molecule has 26 heavy (non-hydrogen) atoms. The van der Waals surface area contributed by atoms with Crippen LogP contribution in [0.15, 0.2) is 53.6 Å². The van der Waals surface area contributed by atoms with Gasteiger partial charge in [0.05, 0.1) is 23.4 Å². The minimum atomic E-state index is -0.272. The molecular formula is C18H19ClN4O2S. The SMILES string of the molecule is COCCNC(=S)N/N=C\c1cccc(NC(=O)c2ccccc2Cl)c1. The highest BCUT2D eigenvalue weighted by Crippen LogP contribution is 2.17. The zero-order valence-corrected chi connectivity index (χ0v) is 15.7. The first-order valence-electron chi connectivity index (χ1n) is 7.82. The van der Waals surface area contributed by atoms with Crippen molar-refractivity contribution in [3.63, 3.8) is 0 Å². The summed E-state index contributed by atoms with van der Waals surface area (Å²) in [6.45, 7) is 1.15. The molecule has 6 nitrogen and oxygen atoms in total. The number of nitrogens with one attached hydrogen (secondary N) is 3. The molecule has 2 rings (SSSR count). The molecule has 2 aromatic carbocycles. The second-order valence-electron chi connectivity index (χ2n) is 5.18. The highest BCUT2D eigenvalue weighted by atomic mass is 35.5. The van der Waals surface area contributed by atoms with Gasteiger partial charge in [-0.3, -0.25) is 10.2 Å². The van der Waals surface area contributed by atoms with Crippen molar-refractivity contribution in [1.82, 2.24) is 10.7 Å². The minimum Gasteiger partial charge on any atom is -0.383 e. The summed E-state index contributed by atoms with van der Waals surface area (Å²) < 4.78 is 4.92. The van der Waals surface area contributed by atoms with E-state index in [-0.39, 0.29) is 5.91 Å². The predicted octanol–water partition coefficient (Wildman–Crippen LogP) is 3.04. The monoisotopic (exact) mass is 390 g/mol. The second kappa shape index (κ2) is 10.5. The summed E-state index contributed by atoms with van der Waals surface area (Å²) in [6.07, 6.45) is 1.61. The van der Waals surface area contributed by atoms with Crippen LogP contribution < -0.4 is 16.1 Å². The van der Waals surface area contributed by atoms with Gasteiger partial charge in [0, 0.05) is 19.3 Å². The third-order valence-corrected chi connectivity index (χ3v) is 3.80. The average molecular weight is 391 g/mol. The quantitative estimate of drug-likeness (QED) is 0.293. The number of thiocarbonyl (C=S) groups is 1. The van der Waals surface area contributed by atoms with Crippen LogP contribution in [0, 0.1) is 0 Å². The topological polar surface area (TPSA) is 74.8 Å². The molecule has 0 aliphatic rings. The molecule has 2 aromatic rings. The number of amides is 1. The van der Waals surface area contributed by atoms with Gasteiger partial charge < -0.3 is 15.4 Å². The third kappa shape index (κ3) is 6.44. The summed E-state index contributed by atoms with van der Waals surface area (Å²) in [6, 6.07) is 14.1. The molecule has 0 saturated heterocycles. The first kappa shape index (κ1) is 19.8. The highest BCUT2D eigenvalue weighted by molar-refractivity contribution is 7.80. The number of anilines is 1. The molecule has 0 aliphatic heterocycles. The Hall–Kier alpha value is -2.48. The number of carbonyl (C=O) groups excluding carboxylic acids is 1. The Morgan fingerprint density at radius 1 is 1.27 bits per heavy atom. The fraction of sp³-hybridized carbons (Fsp3) is 0.167. The molecule has 0 unspecified atom stereocenters. The fourth-order valence-corrected chi connectivity index (χ4v) is 2.39. The lowest BCUT2D eigenvalue weighted by Crippen LogP contribution is -2.34. The van der Waals surface area contributed by atoms with Gasteiger partial charge in [-0.1, -0.05) is 35.9 Å². The van der Waals surface area contributed by atoms with E-state index in [1.54, 1.807) is 49.7 Å². The van der Waals surface area contributed by atoms with Crippen LogP contribution in [-0.4, -0.2) is 37.5 Å². The van der Waals surface area contributed by atoms with E-state index < -0.39 is 0 Å². The van der Waals surface area contributed by atoms with E-state index in [9.17, 15) is 4.79 Å². The average Bonchev–Trinajstić information content (AvgIpc) is 2.62. The first-order chi connectivity index (χ1) is 12.6. The van der Waals surface area contributed by atoms with E-state index in [0.717, 1.165) is 5.56 Å². The number of hydrogen-bond donors (Lipinski definition) is 3. The highest BCUT2D eigenvalue weighted by Gasteiger charge is 2.09. The van der Waals surface area contributed by atoms with Gasteiger partial charge in [0.1, 0.15) is 0 Å². The fourth-order valence-electron chi connectivity index (χ4n) is 2.01. The molecule has 0 saturated carbocycles. The van der Waals surface area contributed by atoms with Gasteiger partial charge in [-0.25, -0.2) is 0 Å². The molecule has 1 amide bonds. The Bertz CT molecular complexity index is 798. The molecule has 0 radical (unpaired) electrons. The standard InChI is InChI=1S/C18H19ClN4O2S/c1-25-10-9-20-18(26)23-21-12-13-5-4-6-14(11-13)22-17(24)15-7-2-3-8-16(15)19/h2-8,11-12H,9-10H2,1H3,(H,22,24)(H2,20,23,26)/b21-12-. The summed E-state index contributed by atoms with van der Waals surface area (Å²) in [4.78, 5) is 12.3. The van der Waals surface area contributed by atoms with Gasteiger partial charge in [-0.15, -0.1) is 0 Å². The van der Waals surface area contributed by atoms with Crippen molar-refractivity contribution < 1.29 is 9.53 Å². The van der Waals surface area contributed by atoms with Crippen LogP contribution >= 0.6 is 23.8 Å². The van der Waals surface area contributed by atoms with E-state index >= 15 is 0 Å². The number of nitrogens with zero attached hydrogens (tertiary/aromatic N) is 1.